The van der Waals surface area contributed by atoms with Gasteiger partial charge in [-0.1, -0.05) is 17.7 Å². The van der Waals surface area contributed by atoms with Crippen LogP contribution in [0.1, 0.15) is 25.7 Å². The number of carbonyl (C=O) groups is 3. The maximum absolute atomic E-state index is 12.1. The van der Waals surface area contributed by atoms with Crippen LogP contribution in [-0.2, 0) is 14.4 Å². The van der Waals surface area contributed by atoms with Crippen molar-refractivity contribution in [3.63, 3.8) is 0 Å². The lowest BCUT2D eigenvalue weighted by Gasteiger charge is -2.30. The largest absolute Gasteiger partial charge is 0.353 e. The van der Waals surface area contributed by atoms with E-state index in [4.69, 9.17) is 11.6 Å². The van der Waals surface area contributed by atoms with Crippen LogP contribution >= 0.6 is 23.4 Å². The van der Waals surface area contributed by atoms with E-state index >= 15 is 0 Å². The first-order chi connectivity index (χ1) is 12.5. The first kappa shape index (κ1) is 19.0. The van der Waals surface area contributed by atoms with Crippen molar-refractivity contribution in [3.8, 4) is 0 Å². The van der Waals surface area contributed by atoms with Crippen molar-refractivity contribution >= 4 is 46.8 Å². The zero-order valence-corrected chi connectivity index (χ0v) is 15.7. The average molecular weight is 397 g/mol. The van der Waals surface area contributed by atoms with Crippen molar-refractivity contribution < 1.29 is 14.4 Å². The summed E-state index contributed by atoms with van der Waals surface area (Å²) in [5, 5.41) is 12.2. The molecule has 7 nitrogen and oxygen atoms in total. The first-order valence-electron chi connectivity index (χ1n) is 8.50. The minimum Gasteiger partial charge on any atom is -0.353 e. The number of benzene rings is 1. The molecule has 9 heteroatoms. The molecule has 0 spiro atoms. The van der Waals surface area contributed by atoms with E-state index in [1.54, 1.807) is 24.3 Å². The minimum absolute atomic E-state index is 0.0397. The molecule has 1 aromatic carbocycles. The Labute approximate surface area is 161 Å². The second kappa shape index (κ2) is 8.75. The molecular weight excluding hydrogens is 376 g/mol. The fourth-order valence-electron chi connectivity index (χ4n) is 2.62. The van der Waals surface area contributed by atoms with Gasteiger partial charge in [-0.15, -0.1) is 11.8 Å². The normalized spacial score (nSPS) is 22.4. The Morgan fingerprint density at radius 1 is 1.27 bits per heavy atom. The van der Waals surface area contributed by atoms with Crippen molar-refractivity contribution in [2.45, 2.75) is 43.3 Å². The smallest absolute Gasteiger partial charge is 0.234 e. The summed E-state index contributed by atoms with van der Waals surface area (Å²) in [4.78, 5) is 35.8. The molecule has 2 atom stereocenters. The van der Waals surface area contributed by atoms with Crippen LogP contribution in [0.4, 0.5) is 5.69 Å². The van der Waals surface area contributed by atoms with Gasteiger partial charge in [0.25, 0.3) is 0 Å². The van der Waals surface area contributed by atoms with Crippen LogP contribution in [0, 0.1) is 0 Å². The zero-order chi connectivity index (χ0) is 18.5. The Morgan fingerprint density at radius 3 is 2.81 bits per heavy atom. The molecule has 1 aliphatic carbocycles. The number of nitrogens with one attached hydrogen (secondary N) is 4. The minimum atomic E-state index is -0.403. The molecule has 4 N–H and O–H groups in total. The van der Waals surface area contributed by atoms with Gasteiger partial charge in [0.2, 0.25) is 17.7 Å². The summed E-state index contributed by atoms with van der Waals surface area (Å²) in [6.45, 7) is 0. The number of thioether (sulfide) groups is 1. The summed E-state index contributed by atoms with van der Waals surface area (Å²) < 4.78 is 0. The summed E-state index contributed by atoms with van der Waals surface area (Å²) in [6, 6.07) is 6.98. The lowest BCUT2D eigenvalue weighted by Crippen LogP contribution is -2.56. The quantitative estimate of drug-likeness (QED) is 0.559. The second-order valence-electron chi connectivity index (χ2n) is 6.43. The van der Waals surface area contributed by atoms with E-state index in [1.807, 2.05) is 0 Å². The molecule has 3 rings (SSSR count). The van der Waals surface area contributed by atoms with Gasteiger partial charge in [-0.2, -0.15) is 0 Å². The SMILES string of the molecule is O=C(CSC1NC(=O)CC(CC(=O)NC2CC2)N1)Nc1cccc(Cl)c1. The Kier molecular flexibility index (Phi) is 6.39. The molecule has 1 heterocycles. The Balaban J connectivity index is 1.43. The summed E-state index contributed by atoms with van der Waals surface area (Å²) in [5.74, 6) is -0.198. The van der Waals surface area contributed by atoms with E-state index < -0.39 is 5.50 Å². The predicted molar refractivity (Wildman–Crippen MR) is 102 cm³/mol. The van der Waals surface area contributed by atoms with E-state index in [1.165, 1.54) is 11.8 Å². The fourth-order valence-corrected chi connectivity index (χ4v) is 3.71. The zero-order valence-electron chi connectivity index (χ0n) is 14.1. The van der Waals surface area contributed by atoms with Gasteiger partial charge in [-0.25, -0.2) is 0 Å². The molecule has 3 amide bonds. The van der Waals surface area contributed by atoms with Gasteiger partial charge < -0.3 is 16.0 Å². The summed E-state index contributed by atoms with van der Waals surface area (Å²) in [7, 11) is 0. The number of carbonyl (C=O) groups excluding carboxylic acids is 3. The van der Waals surface area contributed by atoms with Gasteiger partial charge in [0.15, 0.2) is 0 Å². The summed E-state index contributed by atoms with van der Waals surface area (Å²) in [6.07, 6.45) is 2.58. The van der Waals surface area contributed by atoms with Crippen LogP contribution in [0.5, 0.6) is 0 Å². The molecule has 140 valence electrons. The third-order valence-electron chi connectivity index (χ3n) is 3.97. The maximum Gasteiger partial charge on any atom is 0.234 e. The van der Waals surface area contributed by atoms with E-state index in [2.05, 4.69) is 21.3 Å². The van der Waals surface area contributed by atoms with Crippen molar-refractivity contribution in [3.05, 3.63) is 29.3 Å². The molecule has 0 aromatic heterocycles. The fraction of sp³-hybridized carbons (Fsp3) is 0.471. The number of halogens is 1. The van der Waals surface area contributed by atoms with Crippen molar-refractivity contribution in [1.29, 1.82) is 0 Å². The van der Waals surface area contributed by atoms with Crippen LogP contribution < -0.4 is 21.3 Å². The van der Waals surface area contributed by atoms with Crippen LogP contribution in [0.3, 0.4) is 0 Å². The number of rotatable bonds is 7. The number of hydrogen-bond donors (Lipinski definition) is 4. The summed E-state index contributed by atoms with van der Waals surface area (Å²) >= 11 is 7.16. The standard InChI is InChI=1S/C17H21ClN4O3S/c18-10-2-1-3-12(6-10)20-16(25)9-26-17-21-13(8-15(24)22-17)7-14(23)19-11-4-5-11/h1-3,6,11,13,17,21H,4-5,7-9H2,(H,19,23)(H,20,25)(H,22,24). The monoisotopic (exact) mass is 396 g/mol. The lowest BCUT2D eigenvalue weighted by atomic mass is 10.1. The van der Waals surface area contributed by atoms with Crippen LogP contribution in [-0.4, -0.2) is 41.1 Å². The third kappa shape index (κ3) is 6.19. The molecule has 1 aliphatic heterocycles. The van der Waals surface area contributed by atoms with E-state index in [0.717, 1.165) is 12.8 Å². The first-order valence-corrected chi connectivity index (χ1v) is 9.92. The highest BCUT2D eigenvalue weighted by molar-refractivity contribution is 8.00. The van der Waals surface area contributed by atoms with Crippen molar-refractivity contribution in [2.75, 3.05) is 11.1 Å². The second-order valence-corrected chi connectivity index (χ2v) is 7.96. The molecule has 1 saturated carbocycles. The predicted octanol–water partition coefficient (Wildman–Crippen LogP) is 1.44. The van der Waals surface area contributed by atoms with Crippen LogP contribution in [0.25, 0.3) is 0 Å². The molecule has 26 heavy (non-hydrogen) atoms. The molecule has 0 radical (unpaired) electrons. The number of anilines is 1. The maximum atomic E-state index is 12.1. The Morgan fingerprint density at radius 2 is 2.08 bits per heavy atom. The molecule has 1 saturated heterocycles. The van der Waals surface area contributed by atoms with Gasteiger partial charge in [-0.3, -0.25) is 19.7 Å². The topological polar surface area (TPSA) is 99.3 Å². The highest BCUT2D eigenvalue weighted by atomic mass is 35.5. The van der Waals surface area contributed by atoms with Gasteiger partial charge >= 0.3 is 0 Å². The highest BCUT2D eigenvalue weighted by Crippen LogP contribution is 2.20. The molecular formula is C17H21ClN4O3S. The van der Waals surface area contributed by atoms with E-state index in [9.17, 15) is 14.4 Å². The molecule has 2 unspecified atom stereocenters. The summed E-state index contributed by atoms with van der Waals surface area (Å²) in [5.41, 5.74) is 0.221. The molecule has 2 fully saturated rings. The third-order valence-corrected chi connectivity index (χ3v) is 5.23. The molecule has 1 aromatic rings. The Bertz CT molecular complexity index is 698. The van der Waals surface area contributed by atoms with Crippen molar-refractivity contribution in [1.82, 2.24) is 16.0 Å². The number of hydrogen-bond acceptors (Lipinski definition) is 5. The van der Waals surface area contributed by atoms with Gasteiger partial charge in [0.05, 0.1) is 5.75 Å². The van der Waals surface area contributed by atoms with E-state index in [0.29, 0.717) is 16.8 Å². The van der Waals surface area contributed by atoms with E-state index in [-0.39, 0.29) is 42.4 Å². The molecule has 0 bridgehead atoms. The molecule has 2 aliphatic rings. The average Bonchev–Trinajstić information content (AvgIpc) is 3.36. The highest BCUT2D eigenvalue weighted by Gasteiger charge is 2.30. The lowest BCUT2D eigenvalue weighted by molar-refractivity contribution is -0.125. The van der Waals surface area contributed by atoms with Crippen LogP contribution in [0.2, 0.25) is 5.02 Å². The van der Waals surface area contributed by atoms with Crippen molar-refractivity contribution in [2.24, 2.45) is 0 Å². The van der Waals surface area contributed by atoms with Gasteiger partial charge in [-0.05, 0) is 31.0 Å². The number of amides is 3. The Hall–Kier alpha value is -1.77. The van der Waals surface area contributed by atoms with Gasteiger partial charge in [0.1, 0.15) is 5.50 Å². The van der Waals surface area contributed by atoms with Crippen LogP contribution in [0.15, 0.2) is 24.3 Å². The van der Waals surface area contributed by atoms with Gasteiger partial charge in [0, 0.05) is 35.6 Å².